The fourth-order valence-corrected chi connectivity index (χ4v) is 6.30. The van der Waals surface area contributed by atoms with E-state index in [4.69, 9.17) is 4.98 Å². The van der Waals surface area contributed by atoms with Crippen LogP contribution in [-0.2, 0) is 6.42 Å². The van der Waals surface area contributed by atoms with Crippen LogP contribution in [0, 0.1) is 0 Å². The van der Waals surface area contributed by atoms with Crippen LogP contribution in [0.1, 0.15) is 21.7 Å². The molecule has 1 aliphatic rings. The standard InChI is InChI=1S/C32H21NS/c1-2-12-23(13-3-1)32-33-31-29(34-32)20-28(26-18-8-14-21-10-4-6-16-24(21)26)30(31)27-19-9-15-22-11-5-7-17-25(22)27/h1-19H,20H2. The molecular formula is C32H21NS. The van der Waals surface area contributed by atoms with Gasteiger partial charge in [0.05, 0.1) is 5.69 Å². The van der Waals surface area contributed by atoms with E-state index in [0.29, 0.717) is 0 Å². The van der Waals surface area contributed by atoms with Crippen LogP contribution in [0.3, 0.4) is 0 Å². The van der Waals surface area contributed by atoms with E-state index in [2.05, 4.69) is 115 Å². The maximum atomic E-state index is 5.24. The number of benzene rings is 5. The van der Waals surface area contributed by atoms with Gasteiger partial charge in [0.1, 0.15) is 5.01 Å². The zero-order chi connectivity index (χ0) is 22.5. The average Bonchev–Trinajstić information content (AvgIpc) is 3.47. The van der Waals surface area contributed by atoms with E-state index < -0.39 is 0 Å². The molecule has 0 fully saturated rings. The molecule has 2 heteroatoms. The molecule has 1 aliphatic carbocycles. The van der Waals surface area contributed by atoms with Gasteiger partial charge in [0.15, 0.2) is 0 Å². The van der Waals surface area contributed by atoms with Crippen LogP contribution in [0.15, 0.2) is 115 Å². The highest BCUT2D eigenvalue weighted by molar-refractivity contribution is 7.15. The van der Waals surface area contributed by atoms with E-state index in [-0.39, 0.29) is 0 Å². The molecule has 0 saturated heterocycles. The van der Waals surface area contributed by atoms with Gasteiger partial charge in [-0.15, -0.1) is 11.3 Å². The Labute approximate surface area is 202 Å². The Kier molecular flexibility index (Phi) is 4.46. The number of allylic oxidation sites excluding steroid dienone is 1. The number of hydrogen-bond donors (Lipinski definition) is 0. The van der Waals surface area contributed by atoms with Gasteiger partial charge in [-0.05, 0) is 38.2 Å². The third kappa shape index (κ3) is 3.03. The largest absolute Gasteiger partial charge is 0.236 e. The topological polar surface area (TPSA) is 12.9 Å². The van der Waals surface area contributed by atoms with Crippen molar-refractivity contribution < 1.29 is 0 Å². The van der Waals surface area contributed by atoms with Gasteiger partial charge in [-0.3, -0.25) is 0 Å². The molecule has 0 N–H and O–H groups in total. The van der Waals surface area contributed by atoms with Crippen LogP contribution in [0.25, 0.3) is 43.3 Å². The predicted molar refractivity (Wildman–Crippen MR) is 145 cm³/mol. The van der Waals surface area contributed by atoms with Crippen LogP contribution in [-0.4, -0.2) is 4.98 Å². The van der Waals surface area contributed by atoms with E-state index >= 15 is 0 Å². The van der Waals surface area contributed by atoms with Crippen LogP contribution >= 0.6 is 11.3 Å². The molecule has 0 bridgehead atoms. The Morgan fingerprint density at radius 2 is 1.15 bits per heavy atom. The first-order valence-corrected chi connectivity index (χ1v) is 12.4. The molecule has 0 atom stereocenters. The predicted octanol–water partition coefficient (Wildman–Crippen LogP) is 8.63. The molecule has 160 valence electrons. The molecule has 0 radical (unpaired) electrons. The zero-order valence-corrected chi connectivity index (χ0v) is 19.3. The second-order valence-electron chi connectivity index (χ2n) is 8.74. The average molecular weight is 452 g/mol. The molecule has 0 amide bonds. The number of aromatic nitrogens is 1. The smallest absolute Gasteiger partial charge is 0.124 e. The van der Waals surface area contributed by atoms with Crippen molar-refractivity contribution in [2.75, 3.05) is 0 Å². The molecule has 1 heterocycles. The van der Waals surface area contributed by atoms with E-state index in [0.717, 1.165) is 17.1 Å². The summed E-state index contributed by atoms with van der Waals surface area (Å²) >= 11 is 1.83. The maximum absolute atomic E-state index is 5.24. The van der Waals surface area contributed by atoms with E-state index in [9.17, 15) is 0 Å². The Morgan fingerprint density at radius 3 is 1.88 bits per heavy atom. The lowest BCUT2D eigenvalue weighted by Crippen LogP contribution is -1.94. The molecule has 1 aromatic heterocycles. The number of fused-ring (bicyclic) bond motifs is 3. The van der Waals surface area contributed by atoms with E-state index in [1.165, 1.54) is 54.3 Å². The van der Waals surface area contributed by atoms with Crippen molar-refractivity contribution in [3.8, 4) is 10.6 Å². The molecule has 34 heavy (non-hydrogen) atoms. The van der Waals surface area contributed by atoms with Gasteiger partial charge in [-0.2, -0.15) is 0 Å². The Morgan fingerprint density at radius 1 is 0.559 bits per heavy atom. The molecule has 7 rings (SSSR count). The van der Waals surface area contributed by atoms with Crippen molar-refractivity contribution in [1.82, 2.24) is 4.98 Å². The fourth-order valence-electron chi connectivity index (χ4n) is 5.21. The summed E-state index contributed by atoms with van der Waals surface area (Å²) in [7, 11) is 0. The molecule has 5 aromatic carbocycles. The summed E-state index contributed by atoms with van der Waals surface area (Å²) in [5.74, 6) is 0. The zero-order valence-electron chi connectivity index (χ0n) is 18.5. The van der Waals surface area contributed by atoms with Gasteiger partial charge in [-0.25, -0.2) is 4.98 Å². The summed E-state index contributed by atoms with van der Waals surface area (Å²) in [4.78, 5) is 6.59. The Hall–Kier alpha value is -4.01. The molecule has 0 spiro atoms. The highest BCUT2D eigenvalue weighted by Crippen LogP contribution is 2.48. The lowest BCUT2D eigenvalue weighted by molar-refractivity contribution is 1.31. The Bertz CT molecular complexity index is 1710. The summed E-state index contributed by atoms with van der Waals surface area (Å²) in [5, 5.41) is 6.21. The van der Waals surface area contributed by atoms with E-state index in [1.807, 2.05) is 11.3 Å². The minimum atomic E-state index is 0.909. The van der Waals surface area contributed by atoms with Crippen LogP contribution in [0.4, 0.5) is 0 Å². The van der Waals surface area contributed by atoms with Gasteiger partial charge in [-0.1, -0.05) is 115 Å². The van der Waals surface area contributed by atoms with Crippen LogP contribution < -0.4 is 0 Å². The van der Waals surface area contributed by atoms with Crippen molar-refractivity contribution in [2.24, 2.45) is 0 Å². The second kappa shape index (κ2) is 7.79. The van der Waals surface area contributed by atoms with Crippen molar-refractivity contribution >= 4 is 44.0 Å². The maximum Gasteiger partial charge on any atom is 0.124 e. The first-order chi connectivity index (χ1) is 16.9. The SMILES string of the molecule is c1ccc(-c2nc3c(s2)CC(c2cccc4ccccc24)=C3c2cccc3ccccc23)cc1. The third-order valence-corrected chi connectivity index (χ3v) is 7.87. The van der Waals surface area contributed by atoms with Gasteiger partial charge >= 0.3 is 0 Å². The van der Waals surface area contributed by atoms with Crippen molar-refractivity contribution in [3.63, 3.8) is 0 Å². The van der Waals surface area contributed by atoms with Gasteiger partial charge in [0, 0.05) is 22.4 Å². The number of rotatable bonds is 3. The lowest BCUT2D eigenvalue weighted by atomic mass is 9.90. The Balaban J connectivity index is 1.53. The highest BCUT2D eigenvalue weighted by atomic mass is 32.1. The lowest BCUT2D eigenvalue weighted by Gasteiger charge is -2.14. The monoisotopic (exact) mass is 451 g/mol. The molecule has 0 saturated carbocycles. The van der Waals surface area contributed by atoms with Gasteiger partial charge < -0.3 is 0 Å². The summed E-state index contributed by atoms with van der Waals surface area (Å²) in [6.07, 6.45) is 0.909. The first-order valence-electron chi connectivity index (χ1n) is 11.6. The summed E-state index contributed by atoms with van der Waals surface area (Å²) < 4.78 is 0. The third-order valence-electron chi connectivity index (χ3n) is 6.77. The summed E-state index contributed by atoms with van der Waals surface area (Å²) in [6.45, 7) is 0. The summed E-state index contributed by atoms with van der Waals surface area (Å²) in [5.41, 5.74) is 7.56. The van der Waals surface area contributed by atoms with Crippen molar-refractivity contribution in [1.29, 1.82) is 0 Å². The molecular weight excluding hydrogens is 430 g/mol. The molecule has 0 unspecified atom stereocenters. The van der Waals surface area contributed by atoms with Crippen LogP contribution in [0.5, 0.6) is 0 Å². The molecule has 0 aliphatic heterocycles. The minimum absolute atomic E-state index is 0.909. The highest BCUT2D eigenvalue weighted by Gasteiger charge is 2.30. The first kappa shape index (κ1) is 19.5. The van der Waals surface area contributed by atoms with Crippen LogP contribution in [0.2, 0.25) is 0 Å². The van der Waals surface area contributed by atoms with Crippen molar-refractivity contribution in [2.45, 2.75) is 6.42 Å². The minimum Gasteiger partial charge on any atom is -0.236 e. The van der Waals surface area contributed by atoms with E-state index in [1.54, 1.807) is 0 Å². The fraction of sp³-hybridized carbons (Fsp3) is 0.0312. The quantitative estimate of drug-likeness (QED) is 0.262. The van der Waals surface area contributed by atoms with Gasteiger partial charge in [0.2, 0.25) is 0 Å². The molecule has 1 nitrogen and oxygen atoms in total. The normalized spacial score (nSPS) is 13.1. The number of thiazole rings is 1. The van der Waals surface area contributed by atoms with Gasteiger partial charge in [0.25, 0.3) is 0 Å². The second-order valence-corrected chi connectivity index (χ2v) is 9.82. The summed E-state index contributed by atoms with van der Waals surface area (Å²) in [6, 6.07) is 41.2. The number of nitrogens with zero attached hydrogens (tertiary/aromatic N) is 1. The van der Waals surface area contributed by atoms with Crippen molar-refractivity contribution in [3.05, 3.63) is 137 Å². The number of hydrogen-bond acceptors (Lipinski definition) is 2. The molecule has 6 aromatic rings.